The Morgan fingerprint density at radius 3 is 3.00 bits per heavy atom. The molecule has 1 aromatic rings. The normalized spacial score (nSPS) is 23.4. The molecule has 0 bridgehead atoms. The predicted molar refractivity (Wildman–Crippen MR) is 68.1 cm³/mol. The molecule has 1 atom stereocenters. The summed E-state index contributed by atoms with van der Waals surface area (Å²) in [7, 11) is 0. The molecule has 1 saturated heterocycles. The fourth-order valence-electron chi connectivity index (χ4n) is 2.53. The molecule has 3 nitrogen and oxygen atoms in total. The smallest absolute Gasteiger partial charge is 0.128 e. The number of amidine groups is 1. The molecule has 1 aromatic carbocycles. The van der Waals surface area contributed by atoms with Gasteiger partial charge >= 0.3 is 0 Å². The third-order valence-electron chi connectivity index (χ3n) is 3.43. The zero-order chi connectivity index (χ0) is 11.5. The summed E-state index contributed by atoms with van der Waals surface area (Å²) in [6.07, 6.45) is 2.50. The van der Waals surface area contributed by atoms with Gasteiger partial charge in [-0.1, -0.05) is 30.3 Å². The molecule has 3 heteroatoms. The second-order valence-electron chi connectivity index (χ2n) is 4.65. The molecule has 0 saturated carbocycles. The van der Waals surface area contributed by atoms with Crippen LogP contribution in [-0.2, 0) is 11.3 Å². The average Bonchev–Trinajstić information content (AvgIpc) is 2.81. The first-order chi connectivity index (χ1) is 8.43. The summed E-state index contributed by atoms with van der Waals surface area (Å²) in [5.41, 5.74) is 1.24. The van der Waals surface area contributed by atoms with Crippen LogP contribution < -0.4 is 0 Å². The van der Waals surface area contributed by atoms with Crippen molar-refractivity contribution in [1.29, 1.82) is 0 Å². The first kappa shape index (κ1) is 10.8. The monoisotopic (exact) mass is 230 g/mol. The van der Waals surface area contributed by atoms with Gasteiger partial charge in [-0.15, -0.1) is 0 Å². The summed E-state index contributed by atoms with van der Waals surface area (Å²) in [5.74, 6) is 1.19. The minimum Gasteiger partial charge on any atom is -0.366 e. The van der Waals surface area contributed by atoms with Gasteiger partial charge in [0.25, 0.3) is 0 Å². The molecule has 2 aliphatic rings. The van der Waals surface area contributed by atoms with Crippen LogP contribution in [0, 0.1) is 0 Å². The lowest BCUT2D eigenvalue weighted by atomic mass is 10.2. The molecule has 1 fully saturated rings. The lowest BCUT2D eigenvalue weighted by molar-refractivity contribution is 0.0862. The minimum absolute atomic E-state index is 0.218. The quantitative estimate of drug-likeness (QED) is 0.794. The highest BCUT2D eigenvalue weighted by Gasteiger charge is 2.31. The van der Waals surface area contributed by atoms with Crippen molar-refractivity contribution < 1.29 is 4.74 Å². The Bertz CT molecular complexity index is 402. The van der Waals surface area contributed by atoms with Gasteiger partial charge in [-0.3, -0.25) is 4.99 Å². The summed E-state index contributed by atoms with van der Waals surface area (Å²) in [4.78, 5) is 6.98. The van der Waals surface area contributed by atoms with Crippen LogP contribution in [0.2, 0.25) is 0 Å². The van der Waals surface area contributed by atoms with Crippen LogP contribution in [-0.4, -0.2) is 36.5 Å². The molecule has 17 heavy (non-hydrogen) atoms. The van der Waals surface area contributed by atoms with Gasteiger partial charge in [0.2, 0.25) is 0 Å². The molecule has 0 radical (unpaired) electrons. The lowest BCUT2D eigenvalue weighted by Crippen LogP contribution is -2.35. The van der Waals surface area contributed by atoms with E-state index in [1.54, 1.807) is 0 Å². The van der Waals surface area contributed by atoms with Crippen LogP contribution in [0.15, 0.2) is 35.3 Å². The molecule has 2 aliphatic heterocycles. The average molecular weight is 230 g/mol. The number of hydrogen-bond donors (Lipinski definition) is 0. The third-order valence-corrected chi connectivity index (χ3v) is 3.43. The van der Waals surface area contributed by atoms with Gasteiger partial charge < -0.3 is 9.64 Å². The molecule has 90 valence electrons. The van der Waals surface area contributed by atoms with Crippen LogP contribution in [0.25, 0.3) is 0 Å². The van der Waals surface area contributed by atoms with E-state index in [1.165, 1.54) is 17.8 Å². The van der Waals surface area contributed by atoms with Gasteiger partial charge in [-0.2, -0.15) is 0 Å². The molecule has 2 heterocycles. The largest absolute Gasteiger partial charge is 0.366 e. The number of aliphatic imine (C=N–C) groups is 1. The first-order valence-electron chi connectivity index (χ1n) is 6.38. The number of hydrogen-bond acceptors (Lipinski definition) is 3. The van der Waals surface area contributed by atoms with Gasteiger partial charge in [0.1, 0.15) is 11.9 Å². The summed E-state index contributed by atoms with van der Waals surface area (Å²) in [6, 6.07) is 10.4. The van der Waals surface area contributed by atoms with E-state index in [9.17, 15) is 0 Å². The molecule has 0 spiro atoms. The van der Waals surface area contributed by atoms with Crippen molar-refractivity contribution in [2.75, 3.05) is 19.6 Å². The van der Waals surface area contributed by atoms with Gasteiger partial charge in [0.05, 0.1) is 6.61 Å². The number of fused-ring (bicyclic) bond motifs is 1. The van der Waals surface area contributed by atoms with Crippen LogP contribution in [0.5, 0.6) is 0 Å². The fourth-order valence-corrected chi connectivity index (χ4v) is 2.53. The van der Waals surface area contributed by atoms with Crippen molar-refractivity contribution in [3.05, 3.63) is 35.9 Å². The molecule has 0 N–H and O–H groups in total. The van der Waals surface area contributed by atoms with Crippen molar-refractivity contribution >= 4 is 5.84 Å². The van der Waals surface area contributed by atoms with E-state index in [0.29, 0.717) is 6.61 Å². The van der Waals surface area contributed by atoms with E-state index >= 15 is 0 Å². The summed E-state index contributed by atoms with van der Waals surface area (Å²) in [6.45, 7) is 3.93. The second kappa shape index (κ2) is 4.88. The maximum atomic E-state index is 5.99. The van der Waals surface area contributed by atoms with Crippen LogP contribution in [0.3, 0.4) is 0 Å². The highest BCUT2D eigenvalue weighted by atomic mass is 16.5. The highest BCUT2D eigenvalue weighted by Crippen LogP contribution is 2.20. The summed E-state index contributed by atoms with van der Waals surface area (Å²) < 4.78 is 5.99. The van der Waals surface area contributed by atoms with Gasteiger partial charge in [-0.05, 0) is 18.4 Å². The topological polar surface area (TPSA) is 24.8 Å². The zero-order valence-electron chi connectivity index (χ0n) is 10.0. The Kier molecular flexibility index (Phi) is 3.10. The molecule has 0 aromatic heterocycles. The molecule has 0 aliphatic carbocycles. The van der Waals surface area contributed by atoms with Gasteiger partial charge in [0, 0.05) is 19.6 Å². The van der Waals surface area contributed by atoms with E-state index < -0.39 is 0 Å². The summed E-state index contributed by atoms with van der Waals surface area (Å²) >= 11 is 0. The fraction of sp³-hybridized carbons (Fsp3) is 0.500. The van der Waals surface area contributed by atoms with Crippen molar-refractivity contribution in [3.8, 4) is 0 Å². The van der Waals surface area contributed by atoms with Gasteiger partial charge in [0.15, 0.2) is 0 Å². The van der Waals surface area contributed by atoms with Crippen molar-refractivity contribution in [2.45, 2.75) is 25.6 Å². The van der Waals surface area contributed by atoms with E-state index in [2.05, 4.69) is 34.2 Å². The molecule has 3 rings (SSSR count). The van der Waals surface area contributed by atoms with Crippen molar-refractivity contribution in [2.24, 2.45) is 4.99 Å². The second-order valence-corrected chi connectivity index (χ2v) is 4.65. The van der Waals surface area contributed by atoms with E-state index in [-0.39, 0.29) is 6.10 Å². The molecular formula is C14H18N2O. The molecule has 1 unspecified atom stereocenters. The third kappa shape index (κ3) is 2.34. The Hall–Kier alpha value is -1.35. The standard InChI is InChI=1S/C14H18N2O/c1-2-5-12(6-3-1)11-17-13-7-10-16-9-4-8-15-14(13)16/h1-3,5-6,13H,4,7-11H2. The maximum Gasteiger partial charge on any atom is 0.128 e. The summed E-state index contributed by atoms with van der Waals surface area (Å²) in [5, 5.41) is 0. The minimum atomic E-state index is 0.218. The number of ether oxygens (including phenoxy) is 1. The molecule has 0 amide bonds. The number of benzene rings is 1. The van der Waals surface area contributed by atoms with E-state index in [0.717, 1.165) is 26.1 Å². The highest BCUT2D eigenvalue weighted by molar-refractivity contribution is 5.89. The number of rotatable bonds is 3. The Balaban J connectivity index is 1.61. The SMILES string of the molecule is c1ccc(COC2CCN3CCCN=C23)cc1. The van der Waals surface area contributed by atoms with Gasteiger partial charge in [-0.25, -0.2) is 0 Å². The predicted octanol–water partition coefficient (Wildman–Crippen LogP) is 2.08. The van der Waals surface area contributed by atoms with Crippen LogP contribution in [0.1, 0.15) is 18.4 Å². The Labute approximate surface area is 102 Å². The van der Waals surface area contributed by atoms with Crippen molar-refractivity contribution in [3.63, 3.8) is 0 Å². The van der Waals surface area contributed by atoms with Crippen LogP contribution in [0.4, 0.5) is 0 Å². The Morgan fingerprint density at radius 1 is 1.24 bits per heavy atom. The Morgan fingerprint density at radius 2 is 2.12 bits per heavy atom. The first-order valence-corrected chi connectivity index (χ1v) is 6.38. The van der Waals surface area contributed by atoms with Crippen LogP contribution >= 0.6 is 0 Å². The lowest BCUT2D eigenvalue weighted by Gasteiger charge is -2.24. The van der Waals surface area contributed by atoms with Crippen molar-refractivity contribution in [1.82, 2.24) is 4.90 Å². The van der Waals surface area contributed by atoms with E-state index in [4.69, 9.17) is 4.74 Å². The maximum absolute atomic E-state index is 5.99. The number of nitrogens with zero attached hydrogens (tertiary/aromatic N) is 2. The molecular weight excluding hydrogens is 212 g/mol. The zero-order valence-corrected chi connectivity index (χ0v) is 10.0. The van der Waals surface area contributed by atoms with E-state index in [1.807, 2.05) is 6.07 Å².